The molecule has 0 aromatic carbocycles. The second-order valence-electron chi connectivity index (χ2n) is 3.56. The van der Waals surface area contributed by atoms with Gasteiger partial charge in [-0.1, -0.05) is 6.07 Å². The zero-order valence-electron chi connectivity index (χ0n) is 7.00. The Labute approximate surface area is 82.6 Å². The molecular weight excluding hydrogens is 188 g/mol. The zero-order chi connectivity index (χ0) is 8.39. The molecule has 1 aliphatic rings. The summed E-state index contributed by atoms with van der Waals surface area (Å²) in [5.41, 5.74) is 0. The molecule has 0 N–H and O–H groups in total. The first-order valence-corrected chi connectivity index (χ1v) is 5.82. The van der Waals surface area contributed by atoms with Gasteiger partial charge in [0.2, 0.25) is 0 Å². The number of rotatable bonds is 2. The summed E-state index contributed by atoms with van der Waals surface area (Å²) in [5, 5.41) is 2.61. The molecule has 2 rings (SSSR count). The van der Waals surface area contributed by atoms with E-state index in [9.17, 15) is 0 Å². The highest BCUT2D eigenvalue weighted by Crippen LogP contribution is 2.32. The largest absolute Gasteiger partial charge is 0.149 e. The molecule has 2 atom stereocenters. The topological polar surface area (TPSA) is 0 Å². The molecule has 0 radical (unpaired) electrons. The molecule has 2 unspecified atom stereocenters. The van der Waals surface area contributed by atoms with Crippen LogP contribution in [0, 0.1) is 5.92 Å². The Bertz CT molecular complexity index is 230. The van der Waals surface area contributed by atoms with E-state index in [-0.39, 0.29) is 0 Å². The summed E-state index contributed by atoms with van der Waals surface area (Å²) in [6.07, 6.45) is 5.02. The van der Waals surface area contributed by atoms with Gasteiger partial charge in [-0.15, -0.1) is 22.9 Å². The van der Waals surface area contributed by atoms with Crippen LogP contribution in [0.4, 0.5) is 0 Å². The van der Waals surface area contributed by atoms with Crippen molar-refractivity contribution in [3.63, 3.8) is 0 Å². The van der Waals surface area contributed by atoms with E-state index in [0.717, 1.165) is 5.92 Å². The highest BCUT2D eigenvalue weighted by molar-refractivity contribution is 7.09. The second-order valence-corrected chi connectivity index (χ2v) is 5.21. The Morgan fingerprint density at radius 1 is 1.50 bits per heavy atom. The predicted molar refractivity (Wildman–Crippen MR) is 55.0 cm³/mol. The highest BCUT2D eigenvalue weighted by Gasteiger charge is 2.22. The van der Waals surface area contributed by atoms with Crippen molar-refractivity contribution in [3.05, 3.63) is 22.4 Å². The normalized spacial score (nSPS) is 29.4. The Kier molecular flexibility index (Phi) is 2.72. The molecule has 0 aliphatic heterocycles. The van der Waals surface area contributed by atoms with Crippen LogP contribution in [-0.2, 0) is 6.42 Å². The Balaban J connectivity index is 1.88. The van der Waals surface area contributed by atoms with Gasteiger partial charge in [0.1, 0.15) is 0 Å². The summed E-state index contributed by atoms with van der Waals surface area (Å²) in [5.74, 6) is 0.853. The molecule has 0 amide bonds. The van der Waals surface area contributed by atoms with Crippen molar-refractivity contribution < 1.29 is 0 Å². The van der Waals surface area contributed by atoms with E-state index in [4.69, 9.17) is 11.6 Å². The van der Waals surface area contributed by atoms with Crippen molar-refractivity contribution in [1.29, 1.82) is 0 Å². The summed E-state index contributed by atoms with van der Waals surface area (Å²) in [4.78, 5) is 1.52. The SMILES string of the molecule is ClC1CCC(Cc2cccs2)C1. The van der Waals surface area contributed by atoms with Gasteiger partial charge in [0.05, 0.1) is 0 Å². The molecule has 1 aromatic heterocycles. The Morgan fingerprint density at radius 2 is 2.42 bits per heavy atom. The molecule has 2 heteroatoms. The summed E-state index contributed by atoms with van der Waals surface area (Å²) in [7, 11) is 0. The maximum atomic E-state index is 6.05. The molecule has 1 aliphatic carbocycles. The highest BCUT2D eigenvalue weighted by atomic mass is 35.5. The van der Waals surface area contributed by atoms with Crippen LogP contribution >= 0.6 is 22.9 Å². The van der Waals surface area contributed by atoms with Crippen LogP contribution in [0.1, 0.15) is 24.1 Å². The molecule has 1 aromatic rings. The van der Waals surface area contributed by atoms with Gasteiger partial charge in [-0.25, -0.2) is 0 Å². The fourth-order valence-electron chi connectivity index (χ4n) is 1.91. The smallest absolute Gasteiger partial charge is 0.0338 e. The lowest BCUT2D eigenvalue weighted by Crippen LogP contribution is -1.98. The van der Waals surface area contributed by atoms with Crippen LogP contribution in [0.3, 0.4) is 0 Å². The summed E-state index contributed by atoms with van der Waals surface area (Å²) in [6, 6.07) is 4.36. The predicted octanol–water partition coefficient (Wildman–Crippen LogP) is 3.70. The molecule has 1 fully saturated rings. The third kappa shape index (κ3) is 2.02. The van der Waals surface area contributed by atoms with E-state index in [2.05, 4.69) is 17.5 Å². The quantitative estimate of drug-likeness (QED) is 0.639. The molecule has 0 bridgehead atoms. The van der Waals surface area contributed by atoms with Crippen molar-refractivity contribution in [1.82, 2.24) is 0 Å². The number of hydrogen-bond donors (Lipinski definition) is 0. The lowest BCUT2D eigenvalue weighted by Gasteiger charge is -2.05. The standard InChI is InChI=1S/C10H13ClS/c11-9-4-3-8(6-9)7-10-2-1-5-12-10/h1-2,5,8-9H,3-4,6-7H2. The first-order valence-electron chi connectivity index (χ1n) is 4.51. The van der Waals surface area contributed by atoms with Gasteiger partial charge in [0.15, 0.2) is 0 Å². The maximum Gasteiger partial charge on any atom is 0.0338 e. The minimum Gasteiger partial charge on any atom is -0.149 e. The lowest BCUT2D eigenvalue weighted by atomic mass is 10.0. The number of hydrogen-bond acceptors (Lipinski definition) is 1. The van der Waals surface area contributed by atoms with Gasteiger partial charge in [-0.3, -0.25) is 0 Å². The monoisotopic (exact) mass is 200 g/mol. The molecule has 1 saturated carbocycles. The van der Waals surface area contributed by atoms with Crippen molar-refractivity contribution in [2.24, 2.45) is 5.92 Å². The van der Waals surface area contributed by atoms with Crippen molar-refractivity contribution in [2.45, 2.75) is 31.1 Å². The van der Waals surface area contributed by atoms with Gasteiger partial charge in [0, 0.05) is 10.3 Å². The minimum atomic E-state index is 0.454. The fraction of sp³-hybridized carbons (Fsp3) is 0.600. The summed E-state index contributed by atoms with van der Waals surface area (Å²) < 4.78 is 0. The maximum absolute atomic E-state index is 6.05. The lowest BCUT2D eigenvalue weighted by molar-refractivity contribution is 0.552. The average Bonchev–Trinajstić information content (AvgIpc) is 2.63. The van der Waals surface area contributed by atoms with Crippen LogP contribution in [-0.4, -0.2) is 5.38 Å². The molecule has 1 heterocycles. The average molecular weight is 201 g/mol. The van der Waals surface area contributed by atoms with Gasteiger partial charge in [-0.05, 0) is 43.0 Å². The van der Waals surface area contributed by atoms with Crippen molar-refractivity contribution in [2.75, 3.05) is 0 Å². The van der Waals surface area contributed by atoms with Crippen LogP contribution in [0.15, 0.2) is 17.5 Å². The minimum absolute atomic E-state index is 0.454. The van der Waals surface area contributed by atoms with Gasteiger partial charge < -0.3 is 0 Å². The van der Waals surface area contributed by atoms with E-state index >= 15 is 0 Å². The van der Waals surface area contributed by atoms with Gasteiger partial charge >= 0.3 is 0 Å². The first-order chi connectivity index (χ1) is 5.84. The molecular formula is C10H13ClS. The van der Waals surface area contributed by atoms with Crippen LogP contribution in [0.25, 0.3) is 0 Å². The summed E-state index contributed by atoms with van der Waals surface area (Å²) in [6.45, 7) is 0. The summed E-state index contributed by atoms with van der Waals surface area (Å²) >= 11 is 7.92. The van der Waals surface area contributed by atoms with E-state index in [1.165, 1.54) is 30.6 Å². The van der Waals surface area contributed by atoms with Crippen molar-refractivity contribution in [3.8, 4) is 0 Å². The first kappa shape index (κ1) is 8.58. The van der Waals surface area contributed by atoms with E-state index in [1.54, 1.807) is 0 Å². The van der Waals surface area contributed by atoms with E-state index < -0.39 is 0 Å². The molecule has 0 spiro atoms. The van der Waals surface area contributed by atoms with Gasteiger partial charge in [0.25, 0.3) is 0 Å². The van der Waals surface area contributed by atoms with Gasteiger partial charge in [-0.2, -0.15) is 0 Å². The fourth-order valence-corrected chi connectivity index (χ4v) is 3.11. The number of halogens is 1. The van der Waals surface area contributed by atoms with Crippen molar-refractivity contribution >= 4 is 22.9 Å². The Morgan fingerprint density at radius 3 is 3.00 bits per heavy atom. The van der Waals surface area contributed by atoms with E-state index in [0.29, 0.717) is 5.38 Å². The van der Waals surface area contributed by atoms with E-state index in [1.807, 2.05) is 11.3 Å². The molecule has 0 saturated heterocycles. The number of alkyl halides is 1. The van der Waals surface area contributed by atoms with Crippen LogP contribution < -0.4 is 0 Å². The third-order valence-corrected chi connectivity index (χ3v) is 3.84. The zero-order valence-corrected chi connectivity index (χ0v) is 8.57. The Hall–Kier alpha value is -0.0100. The van der Waals surface area contributed by atoms with Crippen LogP contribution in [0.5, 0.6) is 0 Å². The molecule has 66 valence electrons. The van der Waals surface area contributed by atoms with Crippen LogP contribution in [0.2, 0.25) is 0 Å². The molecule has 12 heavy (non-hydrogen) atoms. The number of thiophene rings is 1. The second kappa shape index (κ2) is 3.80. The third-order valence-electron chi connectivity index (χ3n) is 2.55. The molecule has 0 nitrogen and oxygen atoms in total.